The molecule has 1 aromatic heterocycles. The fourth-order valence-electron chi connectivity index (χ4n) is 1.88. The second kappa shape index (κ2) is 7.04. The molecule has 20 heavy (non-hydrogen) atoms. The second-order valence-electron chi connectivity index (χ2n) is 4.70. The molecule has 0 saturated carbocycles. The molecule has 0 saturated heterocycles. The first-order valence-corrected chi connectivity index (χ1v) is 6.56. The van der Waals surface area contributed by atoms with E-state index in [-0.39, 0.29) is 23.5 Å². The fourth-order valence-corrected chi connectivity index (χ4v) is 1.88. The molecule has 0 aliphatic rings. The zero-order valence-electron chi connectivity index (χ0n) is 12.0. The quantitative estimate of drug-likeness (QED) is 0.560. The highest BCUT2D eigenvalue weighted by molar-refractivity contribution is 5.57. The Morgan fingerprint density at radius 1 is 1.45 bits per heavy atom. The monoisotopic (exact) mass is 283 g/mol. The summed E-state index contributed by atoms with van der Waals surface area (Å²) in [5, 5.41) is 23.5. The third-order valence-electron chi connectivity index (χ3n) is 3.72. The van der Waals surface area contributed by atoms with Crippen molar-refractivity contribution < 1.29 is 14.8 Å². The maximum Gasteiger partial charge on any atom is 0.311 e. The summed E-state index contributed by atoms with van der Waals surface area (Å²) in [6.07, 6.45) is 1.54. The number of ether oxygens (including phenoxy) is 1. The van der Waals surface area contributed by atoms with E-state index in [1.807, 2.05) is 13.8 Å². The van der Waals surface area contributed by atoms with Gasteiger partial charge in [-0.05, 0) is 12.8 Å². The maximum absolute atomic E-state index is 11.0. The molecule has 0 aliphatic carbocycles. The van der Waals surface area contributed by atoms with Crippen LogP contribution in [0.25, 0.3) is 0 Å². The predicted molar refractivity (Wildman–Crippen MR) is 76.0 cm³/mol. The molecular formula is C13H21N3O4. The van der Waals surface area contributed by atoms with E-state index in [1.54, 1.807) is 0 Å². The van der Waals surface area contributed by atoms with Crippen LogP contribution < -0.4 is 10.1 Å². The molecule has 0 amide bonds. The molecule has 0 bridgehead atoms. The van der Waals surface area contributed by atoms with Crippen LogP contribution >= 0.6 is 0 Å². The number of nitrogens with one attached hydrogen (secondary N) is 1. The number of pyridine rings is 1. The predicted octanol–water partition coefficient (Wildman–Crippen LogP) is 2.21. The topological polar surface area (TPSA) is 97.5 Å². The summed E-state index contributed by atoms with van der Waals surface area (Å²) in [4.78, 5) is 14.6. The minimum Gasteiger partial charge on any atom is -0.481 e. The second-order valence-corrected chi connectivity index (χ2v) is 4.70. The fraction of sp³-hybridized carbons (Fsp3) is 0.615. The van der Waals surface area contributed by atoms with Crippen molar-refractivity contribution in [2.24, 2.45) is 5.41 Å². The Morgan fingerprint density at radius 2 is 2.10 bits per heavy atom. The van der Waals surface area contributed by atoms with Gasteiger partial charge in [-0.2, -0.15) is 4.98 Å². The van der Waals surface area contributed by atoms with Crippen LogP contribution in [0.15, 0.2) is 12.1 Å². The van der Waals surface area contributed by atoms with Crippen LogP contribution in [0.3, 0.4) is 0 Å². The number of anilines is 1. The van der Waals surface area contributed by atoms with Gasteiger partial charge in [0.25, 0.3) is 0 Å². The van der Waals surface area contributed by atoms with Gasteiger partial charge in [-0.3, -0.25) is 10.1 Å². The highest BCUT2D eigenvalue weighted by Crippen LogP contribution is 2.29. The van der Waals surface area contributed by atoms with Gasteiger partial charge in [-0.15, -0.1) is 0 Å². The standard InChI is InChI=1S/C13H21N3O4/c1-4-13(5-2,9-17)8-14-12-10(16(18)19)6-7-11(15-12)20-3/h6-7,17H,4-5,8-9H2,1-3H3,(H,14,15). The maximum atomic E-state index is 11.0. The van der Waals surface area contributed by atoms with Crippen LogP contribution in [0.1, 0.15) is 26.7 Å². The van der Waals surface area contributed by atoms with E-state index in [2.05, 4.69) is 10.3 Å². The van der Waals surface area contributed by atoms with Crippen LogP contribution in [0.5, 0.6) is 5.88 Å². The van der Waals surface area contributed by atoms with E-state index in [9.17, 15) is 15.2 Å². The summed E-state index contributed by atoms with van der Waals surface area (Å²) in [5.74, 6) is 0.467. The summed E-state index contributed by atoms with van der Waals surface area (Å²) in [6, 6.07) is 2.80. The van der Waals surface area contributed by atoms with E-state index < -0.39 is 4.92 Å². The Balaban J connectivity index is 2.98. The SMILES string of the molecule is CCC(CC)(CO)CNc1nc(OC)ccc1[N+](=O)[O-]. The Labute approximate surface area is 118 Å². The van der Waals surface area contributed by atoms with E-state index in [1.165, 1.54) is 19.2 Å². The number of aliphatic hydroxyl groups is 1. The Kier molecular flexibility index (Phi) is 5.69. The van der Waals surface area contributed by atoms with E-state index in [4.69, 9.17) is 4.74 Å². The zero-order valence-corrected chi connectivity index (χ0v) is 12.0. The van der Waals surface area contributed by atoms with Gasteiger partial charge in [0, 0.05) is 24.1 Å². The van der Waals surface area contributed by atoms with Crippen LogP contribution in [0.4, 0.5) is 11.5 Å². The highest BCUT2D eigenvalue weighted by atomic mass is 16.6. The number of rotatable bonds is 8. The molecule has 0 aromatic carbocycles. The lowest BCUT2D eigenvalue weighted by Crippen LogP contribution is -2.32. The van der Waals surface area contributed by atoms with E-state index >= 15 is 0 Å². The minimum atomic E-state index is -0.493. The van der Waals surface area contributed by atoms with Crippen LogP contribution in [-0.4, -0.2) is 35.3 Å². The molecule has 0 radical (unpaired) electrons. The van der Waals surface area contributed by atoms with Crippen molar-refractivity contribution in [1.29, 1.82) is 0 Å². The lowest BCUT2D eigenvalue weighted by atomic mass is 9.83. The van der Waals surface area contributed by atoms with Gasteiger partial charge in [0.1, 0.15) is 0 Å². The summed E-state index contributed by atoms with van der Waals surface area (Å²) >= 11 is 0. The largest absolute Gasteiger partial charge is 0.481 e. The molecule has 7 heteroatoms. The third kappa shape index (κ3) is 3.57. The van der Waals surface area contributed by atoms with Crippen LogP contribution in [0.2, 0.25) is 0 Å². The van der Waals surface area contributed by atoms with Gasteiger partial charge in [-0.25, -0.2) is 0 Å². The average Bonchev–Trinajstić information content (AvgIpc) is 2.48. The Bertz CT molecular complexity index is 453. The molecule has 112 valence electrons. The van der Waals surface area contributed by atoms with Crippen molar-refractivity contribution in [3.63, 3.8) is 0 Å². The van der Waals surface area contributed by atoms with E-state index in [0.29, 0.717) is 12.4 Å². The van der Waals surface area contributed by atoms with Gasteiger partial charge < -0.3 is 15.2 Å². The molecule has 1 rings (SSSR count). The van der Waals surface area contributed by atoms with Crippen molar-refractivity contribution in [3.05, 3.63) is 22.2 Å². The summed E-state index contributed by atoms with van der Waals surface area (Å²) in [7, 11) is 1.45. The van der Waals surface area contributed by atoms with Gasteiger partial charge in [0.2, 0.25) is 11.7 Å². The molecule has 0 unspecified atom stereocenters. The van der Waals surface area contributed by atoms with Crippen molar-refractivity contribution in [2.75, 3.05) is 25.6 Å². The molecule has 1 aromatic rings. The first-order valence-electron chi connectivity index (χ1n) is 6.56. The average molecular weight is 283 g/mol. The summed E-state index contributed by atoms with van der Waals surface area (Å²) in [6.45, 7) is 4.39. The lowest BCUT2D eigenvalue weighted by Gasteiger charge is -2.29. The van der Waals surface area contributed by atoms with Crippen molar-refractivity contribution in [3.8, 4) is 5.88 Å². The lowest BCUT2D eigenvalue weighted by molar-refractivity contribution is -0.384. The number of aliphatic hydroxyl groups excluding tert-OH is 1. The number of aromatic nitrogens is 1. The van der Waals surface area contributed by atoms with Crippen LogP contribution in [-0.2, 0) is 0 Å². The Morgan fingerprint density at radius 3 is 2.55 bits per heavy atom. The number of hydrogen-bond donors (Lipinski definition) is 2. The normalized spacial score (nSPS) is 11.2. The van der Waals surface area contributed by atoms with Crippen LogP contribution in [0, 0.1) is 15.5 Å². The van der Waals surface area contributed by atoms with Gasteiger partial charge >= 0.3 is 5.69 Å². The molecular weight excluding hydrogens is 262 g/mol. The first-order chi connectivity index (χ1) is 9.51. The van der Waals surface area contributed by atoms with Gasteiger partial charge in [-0.1, -0.05) is 13.8 Å². The molecule has 0 spiro atoms. The molecule has 1 heterocycles. The number of hydrogen-bond acceptors (Lipinski definition) is 6. The van der Waals surface area contributed by atoms with Gasteiger partial charge in [0.05, 0.1) is 18.6 Å². The minimum absolute atomic E-state index is 0.0186. The Hall–Kier alpha value is -1.89. The summed E-state index contributed by atoms with van der Waals surface area (Å²) < 4.78 is 4.98. The molecule has 2 N–H and O–H groups in total. The molecule has 7 nitrogen and oxygen atoms in total. The summed E-state index contributed by atoms with van der Waals surface area (Å²) in [5.41, 5.74) is -0.414. The number of nitro groups is 1. The molecule has 0 aliphatic heterocycles. The van der Waals surface area contributed by atoms with E-state index in [0.717, 1.165) is 12.8 Å². The number of nitrogens with zero attached hydrogens (tertiary/aromatic N) is 2. The first kappa shape index (κ1) is 16.2. The van der Waals surface area contributed by atoms with Gasteiger partial charge in [0.15, 0.2) is 0 Å². The zero-order chi connectivity index (χ0) is 15.2. The highest BCUT2D eigenvalue weighted by Gasteiger charge is 2.27. The third-order valence-corrected chi connectivity index (χ3v) is 3.72. The number of methoxy groups -OCH3 is 1. The molecule has 0 fully saturated rings. The molecule has 0 atom stereocenters. The smallest absolute Gasteiger partial charge is 0.311 e. The van der Waals surface area contributed by atoms with Crippen molar-refractivity contribution in [2.45, 2.75) is 26.7 Å². The van der Waals surface area contributed by atoms with Crippen molar-refractivity contribution in [1.82, 2.24) is 4.98 Å². The van der Waals surface area contributed by atoms with Crippen molar-refractivity contribution >= 4 is 11.5 Å².